The van der Waals surface area contributed by atoms with Crippen LogP contribution in [-0.4, -0.2) is 53.3 Å². The van der Waals surface area contributed by atoms with Crippen LogP contribution in [0.1, 0.15) is 33.5 Å². The summed E-state index contributed by atoms with van der Waals surface area (Å²) in [6, 6.07) is 3.44. The molecule has 1 atom stereocenters. The Morgan fingerprint density at radius 1 is 1.17 bits per heavy atom. The van der Waals surface area contributed by atoms with Gasteiger partial charge in [-0.15, -0.1) is 0 Å². The second-order valence-corrected chi connectivity index (χ2v) is 6.39. The van der Waals surface area contributed by atoms with Gasteiger partial charge in [-0.2, -0.15) is 0 Å². The molecule has 0 bridgehead atoms. The predicted octanol–water partition coefficient (Wildman–Crippen LogP) is 1.38. The first-order valence-corrected chi connectivity index (χ1v) is 7.85. The molecule has 6 nitrogen and oxygen atoms in total. The van der Waals surface area contributed by atoms with Gasteiger partial charge in [0.15, 0.2) is 0 Å². The average Bonchev–Trinajstić information content (AvgIpc) is 3.04. The van der Waals surface area contributed by atoms with Crippen molar-refractivity contribution in [1.29, 1.82) is 0 Å². The summed E-state index contributed by atoms with van der Waals surface area (Å²) in [6.45, 7) is 6.92. The molecule has 2 heterocycles. The van der Waals surface area contributed by atoms with Crippen molar-refractivity contribution in [3.05, 3.63) is 34.4 Å². The fourth-order valence-electron chi connectivity index (χ4n) is 3.62. The van der Waals surface area contributed by atoms with Gasteiger partial charge in [-0.1, -0.05) is 17.7 Å². The summed E-state index contributed by atoms with van der Waals surface area (Å²) in [4.78, 5) is 39.4. The van der Waals surface area contributed by atoms with Crippen LogP contribution in [-0.2, 0) is 4.79 Å². The summed E-state index contributed by atoms with van der Waals surface area (Å²) >= 11 is 0. The molecule has 2 saturated heterocycles. The fourth-order valence-corrected chi connectivity index (χ4v) is 3.62. The molecule has 0 saturated carbocycles. The summed E-state index contributed by atoms with van der Waals surface area (Å²) in [5, 5.41) is 2.53. The number of carbonyl (C=O) groups is 3. The SMILES string of the molecule is Cc1cc(C)c(C(=O)N2CCC(N3C(=O)CNC3=O)C2)c(C)c1. The molecule has 1 aromatic rings. The zero-order valence-electron chi connectivity index (χ0n) is 13.7. The molecule has 0 spiro atoms. The van der Waals surface area contributed by atoms with E-state index in [-0.39, 0.29) is 30.4 Å². The van der Waals surface area contributed by atoms with Crippen molar-refractivity contribution in [2.75, 3.05) is 19.6 Å². The molecule has 1 unspecified atom stereocenters. The molecular formula is C17H21N3O3. The van der Waals surface area contributed by atoms with Crippen LogP contribution >= 0.6 is 0 Å². The lowest BCUT2D eigenvalue weighted by Gasteiger charge is -2.22. The van der Waals surface area contributed by atoms with Crippen molar-refractivity contribution < 1.29 is 14.4 Å². The smallest absolute Gasteiger partial charge is 0.324 e. The Morgan fingerprint density at radius 2 is 1.83 bits per heavy atom. The van der Waals surface area contributed by atoms with Crippen LogP contribution in [0.5, 0.6) is 0 Å². The highest BCUT2D eigenvalue weighted by molar-refractivity contribution is 6.02. The van der Waals surface area contributed by atoms with E-state index in [0.717, 1.165) is 22.3 Å². The van der Waals surface area contributed by atoms with Crippen LogP contribution < -0.4 is 5.32 Å². The normalized spacial score (nSPS) is 21.1. The summed E-state index contributed by atoms with van der Waals surface area (Å²) < 4.78 is 0. The number of nitrogens with zero attached hydrogens (tertiary/aromatic N) is 2. The molecule has 1 N–H and O–H groups in total. The highest BCUT2D eigenvalue weighted by Crippen LogP contribution is 2.23. The first-order chi connectivity index (χ1) is 10.9. The lowest BCUT2D eigenvalue weighted by Crippen LogP contribution is -2.43. The average molecular weight is 315 g/mol. The predicted molar refractivity (Wildman–Crippen MR) is 85.2 cm³/mol. The Morgan fingerprint density at radius 3 is 2.39 bits per heavy atom. The van der Waals surface area contributed by atoms with Gasteiger partial charge in [-0.05, 0) is 38.3 Å². The van der Waals surface area contributed by atoms with E-state index < -0.39 is 0 Å². The minimum Gasteiger partial charge on any atom is -0.336 e. The standard InChI is InChI=1S/C17H21N3O3/c1-10-6-11(2)15(12(3)7-10)16(22)19-5-4-13(9-19)20-14(21)8-18-17(20)23/h6-7,13H,4-5,8-9H2,1-3H3,(H,18,23). The third-order valence-electron chi connectivity index (χ3n) is 4.58. The van der Waals surface area contributed by atoms with Crippen LogP contribution in [0, 0.1) is 20.8 Å². The number of amides is 4. The van der Waals surface area contributed by atoms with Gasteiger partial charge in [-0.3, -0.25) is 14.5 Å². The largest absolute Gasteiger partial charge is 0.336 e. The number of rotatable bonds is 2. The highest BCUT2D eigenvalue weighted by atomic mass is 16.2. The van der Waals surface area contributed by atoms with Crippen molar-refractivity contribution >= 4 is 17.8 Å². The van der Waals surface area contributed by atoms with Crippen molar-refractivity contribution in [2.45, 2.75) is 33.2 Å². The van der Waals surface area contributed by atoms with E-state index in [1.54, 1.807) is 4.90 Å². The van der Waals surface area contributed by atoms with E-state index in [1.807, 2.05) is 32.9 Å². The van der Waals surface area contributed by atoms with Gasteiger partial charge in [0.05, 0.1) is 12.6 Å². The number of likely N-dealkylation sites (tertiary alicyclic amines) is 1. The zero-order chi connectivity index (χ0) is 16.7. The van der Waals surface area contributed by atoms with E-state index in [4.69, 9.17) is 0 Å². The van der Waals surface area contributed by atoms with E-state index >= 15 is 0 Å². The molecule has 0 radical (unpaired) electrons. The second-order valence-electron chi connectivity index (χ2n) is 6.39. The topological polar surface area (TPSA) is 69.7 Å². The first kappa shape index (κ1) is 15.5. The maximum Gasteiger partial charge on any atom is 0.324 e. The molecule has 0 aromatic heterocycles. The maximum absolute atomic E-state index is 12.8. The molecule has 2 aliphatic rings. The van der Waals surface area contributed by atoms with E-state index in [9.17, 15) is 14.4 Å². The minimum atomic E-state index is -0.350. The van der Waals surface area contributed by atoms with E-state index in [0.29, 0.717) is 19.5 Å². The van der Waals surface area contributed by atoms with Crippen molar-refractivity contribution in [1.82, 2.24) is 15.1 Å². The molecule has 1 aromatic carbocycles. The van der Waals surface area contributed by atoms with Gasteiger partial charge in [0, 0.05) is 18.7 Å². The van der Waals surface area contributed by atoms with Gasteiger partial charge in [0.25, 0.3) is 5.91 Å². The number of nitrogens with one attached hydrogen (secondary N) is 1. The number of hydrogen-bond donors (Lipinski definition) is 1. The Balaban J connectivity index is 1.78. The van der Waals surface area contributed by atoms with Gasteiger partial charge in [-0.25, -0.2) is 4.79 Å². The molecular weight excluding hydrogens is 294 g/mol. The first-order valence-electron chi connectivity index (χ1n) is 7.85. The Hall–Kier alpha value is -2.37. The quantitative estimate of drug-likeness (QED) is 0.838. The zero-order valence-corrected chi connectivity index (χ0v) is 13.7. The molecule has 4 amide bonds. The molecule has 122 valence electrons. The molecule has 2 aliphatic heterocycles. The number of benzene rings is 1. The number of aryl methyl sites for hydroxylation is 3. The molecule has 3 rings (SSSR count). The second kappa shape index (κ2) is 5.68. The minimum absolute atomic E-state index is 0.0189. The van der Waals surface area contributed by atoms with Crippen LogP contribution in [0.2, 0.25) is 0 Å². The molecule has 0 aliphatic carbocycles. The van der Waals surface area contributed by atoms with Crippen LogP contribution in [0.25, 0.3) is 0 Å². The summed E-state index contributed by atoms with van der Waals surface area (Å²) in [5.41, 5.74) is 3.79. The fraction of sp³-hybridized carbons (Fsp3) is 0.471. The monoisotopic (exact) mass is 315 g/mol. The van der Waals surface area contributed by atoms with E-state index in [1.165, 1.54) is 4.90 Å². The summed E-state index contributed by atoms with van der Waals surface area (Å²) in [7, 11) is 0. The Labute approximate surface area is 135 Å². The van der Waals surface area contributed by atoms with Gasteiger partial charge >= 0.3 is 6.03 Å². The Bertz CT molecular complexity index is 659. The van der Waals surface area contributed by atoms with Crippen LogP contribution in [0.3, 0.4) is 0 Å². The number of imide groups is 1. The number of carbonyl (C=O) groups excluding carboxylic acids is 3. The molecule has 23 heavy (non-hydrogen) atoms. The Kier molecular flexibility index (Phi) is 3.83. The number of hydrogen-bond acceptors (Lipinski definition) is 3. The molecule has 6 heteroatoms. The van der Waals surface area contributed by atoms with Gasteiger partial charge in [0.2, 0.25) is 5.91 Å². The lowest BCUT2D eigenvalue weighted by molar-refractivity contribution is -0.126. The van der Waals surface area contributed by atoms with Crippen molar-refractivity contribution in [3.8, 4) is 0 Å². The third-order valence-corrected chi connectivity index (χ3v) is 4.58. The summed E-state index contributed by atoms with van der Waals surface area (Å²) in [5.74, 6) is -0.230. The maximum atomic E-state index is 12.8. The van der Waals surface area contributed by atoms with Gasteiger partial charge in [0.1, 0.15) is 0 Å². The number of urea groups is 1. The van der Waals surface area contributed by atoms with Crippen molar-refractivity contribution in [3.63, 3.8) is 0 Å². The lowest BCUT2D eigenvalue weighted by atomic mass is 9.99. The van der Waals surface area contributed by atoms with Gasteiger partial charge < -0.3 is 10.2 Å². The van der Waals surface area contributed by atoms with E-state index in [2.05, 4.69) is 5.32 Å². The highest BCUT2D eigenvalue weighted by Gasteiger charge is 2.40. The third kappa shape index (κ3) is 2.69. The summed E-state index contributed by atoms with van der Waals surface area (Å²) in [6.07, 6.45) is 0.634. The van der Waals surface area contributed by atoms with Crippen LogP contribution in [0.15, 0.2) is 12.1 Å². The van der Waals surface area contributed by atoms with Crippen molar-refractivity contribution in [2.24, 2.45) is 0 Å². The molecule has 2 fully saturated rings. The van der Waals surface area contributed by atoms with Crippen LogP contribution in [0.4, 0.5) is 4.79 Å².